The first-order chi connectivity index (χ1) is 12.8. The maximum atomic E-state index is 6.05. The lowest BCUT2D eigenvalue weighted by Crippen LogP contribution is -2.38. The summed E-state index contributed by atoms with van der Waals surface area (Å²) in [7, 11) is 0. The zero-order valence-corrected chi connectivity index (χ0v) is 20.1. The number of halogens is 1. The molecule has 0 aliphatic heterocycles. The van der Waals surface area contributed by atoms with Gasteiger partial charge in [0.2, 0.25) is 0 Å². The zero-order chi connectivity index (χ0) is 19.9. The van der Waals surface area contributed by atoms with Crippen LogP contribution in [0, 0.1) is 13.8 Å². The second-order valence-electron chi connectivity index (χ2n) is 7.50. The Kier molecular flexibility index (Phi) is 9.78. The van der Waals surface area contributed by atoms with E-state index in [-0.39, 0.29) is 29.6 Å². The van der Waals surface area contributed by atoms with Crippen molar-refractivity contribution in [3.05, 3.63) is 46.8 Å². The number of hydrogen-bond acceptors (Lipinski definition) is 4. The molecule has 0 saturated carbocycles. The molecule has 2 N–H and O–H groups in total. The monoisotopic (exact) mass is 500 g/mol. The van der Waals surface area contributed by atoms with Crippen LogP contribution in [0.4, 0.5) is 0 Å². The van der Waals surface area contributed by atoms with Crippen molar-refractivity contribution in [1.82, 2.24) is 15.8 Å². The van der Waals surface area contributed by atoms with Gasteiger partial charge in [0, 0.05) is 24.2 Å². The van der Waals surface area contributed by atoms with Crippen molar-refractivity contribution in [2.24, 2.45) is 4.99 Å². The number of nitrogens with one attached hydrogen (secondary N) is 2. The molecule has 2 rings (SSSR count). The SMILES string of the molecule is CCNC(=NCc1ccccc1OC(C)(C)C)NCCc1c(C)noc1C.I. The molecule has 0 saturated heterocycles. The number of aliphatic imine (C=N–C) groups is 1. The Morgan fingerprint density at radius 3 is 2.50 bits per heavy atom. The fourth-order valence-electron chi connectivity index (χ4n) is 2.73. The van der Waals surface area contributed by atoms with Crippen molar-refractivity contribution in [2.45, 2.75) is 60.1 Å². The summed E-state index contributed by atoms with van der Waals surface area (Å²) in [6.45, 7) is 14.2. The molecule has 1 heterocycles. The zero-order valence-electron chi connectivity index (χ0n) is 17.8. The van der Waals surface area contributed by atoms with E-state index in [0.29, 0.717) is 6.54 Å². The minimum Gasteiger partial charge on any atom is -0.488 e. The highest BCUT2D eigenvalue weighted by Crippen LogP contribution is 2.23. The Morgan fingerprint density at radius 1 is 1.18 bits per heavy atom. The molecule has 1 aromatic carbocycles. The molecule has 0 aliphatic carbocycles. The normalized spacial score (nSPS) is 11.7. The number of rotatable bonds is 7. The number of aromatic nitrogens is 1. The smallest absolute Gasteiger partial charge is 0.191 e. The molecular weight excluding hydrogens is 467 g/mol. The standard InChI is InChI=1S/C21H32N4O2.HI/c1-7-22-20(23-13-12-18-15(2)25-27-16(18)3)24-14-17-10-8-9-11-19(17)26-21(4,5)6;/h8-11H,7,12-14H2,1-6H3,(H2,22,23,24);1H. The third-order valence-electron chi connectivity index (χ3n) is 3.99. The molecule has 7 heteroatoms. The first kappa shape index (κ1) is 24.3. The Labute approximate surface area is 185 Å². The predicted molar refractivity (Wildman–Crippen MR) is 125 cm³/mol. The van der Waals surface area contributed by atoms with E-state index in [1.54, 1.807) is 0 Å². The maximum absolute atomic E-state index is 6.05. The van der Waals surface area contributed by atoms with Gasteiger partial charge >= 0.3 is 0 Å². The third kappa shape index (κ3) is 7.69. The summed E-state index contributed by atoms with van der Waals surface area (Å²) in [4.78, 5) is 4.71. The van der Waals surface area contributed by atoms with Crippen molar-refractivity contribution < 1.29 is 9.26 Å². The van der Waals surface area contributed by atoms with Gasteiger partial charge in [0.25, 0.3) is 0 Å². The molecule has 0 atom stereocenters. The highest BCUT2D eigenvalue weighted by Gasteiger charge is 2.14. The molecule has 0 spiro atoms. The van der Waals surface area contributed by atoms with Crippen LogP contribution in [-0.2, 0) is 13.0 Å². The number of benzene rings is 1. The second kappa shape index (κ2) is 11.3. The van der Waals surface area contributed by atoms with Gasteiger partial charge in [-0.1, -0.05) is 23.4 Å². The van der Waals surface area contributed by atoms with Gasteiger partial charge < -0.3 is 19.9 Å². The van der Waals surface area contributed by atoms with Gasteiger partial charge in [-0.15, -0.1) is 24.0 Å². The summed E-state index contributed by atoms with van der Waals surface area (Å²) in [5, 5.41) is 10.7. The molecule has 0 amide bonds. The van der Waals surface area contributed by atoms with Crippen LogP contribution in [-0.4, -0.2) is 29.8 Å². The third-order valence-corrected chi connectivity index (χ3v) is 3.99. The largest absolute Gasteiger partial charge is 0.488 e. The van der Waals surface area contributed by atoms with Gasteiger partial charge in [0.1, 0.15) is 17.1 Å². The van der Waals surface area contributed by atoms with Crippen molar-refractivity contribution in [3.63, 3.8) is 0 Å². The van der Waals surface area contributed by atoms with Crippen LogP contribution in [0.3, 0.4) is 0 Å². The highest BCUT2D eigenvalue weighted by atomic mass is 127. The van der Waals surface area contributed by atoms with Gasteiger partial charge in [-0.2, -0.15) is 0 Å². The Hall–Kier alpha value is -1.77. The summed E-state index contributed by atoms with van der Waals surface area (Å²) in [6, 6.07) is 8.05. The fourth-order valence-corrected chi connectivity index (χ4v) is 2.73. The lowest BCUT2D eigenvalue weighted by atomic mass is 10.1. The van der Waals surface area contributed by atoms with Crippen LogP contribution in [0.25, 0.3) is 0 Å². The Morgan fingerprint density at radius 2 is 1.89 bits per heavy atom. The van der Waals surface area contributed by atoms with E-state index < -0.39 is 0 Å². The average Bonchev–Trinajstić information content (AvgIpc) is 2.91. The summed E-state index contributed by atoms with van der Waals surface area (Å²) in [6.07, 6.45) is 0.843. The van der Waals surface area contributed by atoms with Crippen LogP contribution >= 0.6 is 24.0 Å². The topological polar surface area (TPSA) is 71.7 Å². The van der Waals surface area contributed by atoms with Crippen molar-refractivity contribution in [1.29, 1.82) is 0 Å². The van der Waals surface area contributed by atoms with E-state index in [4.69, 9.17) is 14.3 Å². The molecular formula is C21H33IN4O2. The molecule has 1 aromatic heterocycles. The molecule has 0 bridgehead atoms. The number of ether oxygens (including phenoxy) is 1. The minimum atomic E-state index is -0.239. The Bertz CT molecular complexity index is 747. The number of nitrogens with zero attached hydrogens (tertiary/aromatic N) is 2. The number of aryl methyl sites for hydroxylation is 2. The molecule has 156 valence electrons. The van der Waals surface area contributed by atoms with E-state index in [0.717, 1.165) is 53.8 Å². The molecule has 0 aliphatic rings. The fraction of sp³-hybridized carbons (Fsp3) is 0.524. The van der Waals surface area contributed by atoms with Crippen molar-refractivity contribution >= 4 is 29.9 Å². The minimum absolute atomic E-state index is 0. The summed E-state index contributed by atoms with van der Waals surface area (Å²) < 4.78 is 11.3. The number of hydrogen-bond donors (Lipinski definition) is 2. The van der Waals surface area contributed by atoms with E-state index in [1.165, 1.54) is 0 Å². The molecule has 0 unspecified atom stereocenters. The van der Waals surface area contributed by atoms with Crippen molar-refractivity contribution in [3.8, 4) is 5.75 Å². The van der Waals surface area contributed by atoms with Gasteiger partial charge in [0.05, 0.1) is 12.2 Å². The number of guanidine groups is 1. The molecule has 0 fully saturated rings. The van der Waals surface area contributed by atoms with Crippen LogP contribution in [0.1, 0.15) is 50.3 Å². The molecule has 0 radical (unpaired) electrons. The van der Waals surface area contributed by atoms with E-state index in [1.807, 2.05) is 52.8 Å². The van der Waals surface area contributed by atoms with E-state index in [2.05, 4.69) is 28.8 Å². The van der Waals surface area contributed by atoms with E-state index in [9.17, 15) is 0 Å². The molecule has 28 heavy (non-hydrogen) atoms. The highest BCUT2D eigenvalue weighted by molar-refractivity contribution is 14.0. The second-order valence-corrected chi connectivity index (χ2v) is 7.50. The Balaban J connectivity index is 0.00000392. The average molecular weight is 500 g/mol. The predicted octanol–water partition coefficient (Wildman–Crippen LogP) is 4.38. The lowest BCUT2D eigenvalue weighted by molar-refractivity contribution is 0.129. The van der Waals surface area contributed by atoms with Crippen LogP contribution in [0.2, 0.25) is 0 Å². The summed E-state index contributed by atoms with van der Waals surface area (Å²) in [5.41, 5.74) is 2.93. The quantitative estimate of drug-likeness (QED) is 0.336. The first-order valence-corrected chi connectivity index (χ1v) is 9.51. The van der Waals surface area contributed by atoms with Crippen molar-refractivity contribution in [2.75, 3.05) is 13.1 Å². The van der Waals surface area contributed by atoms with Crippen LogP contribution < -0.4 is 15.4 Å². The summed E-state index contributed by atoms with van der Waals surface area (Å²) in [5.74, 6) is 2.54. The summed E-state index contributed by atoms with van der Waals surface area (Å²) >= 11 is 0. The van der Waals surface area contributed by atoms with Crippen LogP contribution in [0.5, 0.6) is 5.75 Å². The van der Waals surface area contributed by atoms with Crippen LogP contribution in [0.15, 0.2) is 33.8 Å². The van der Waals surface area contributed by atoms with Gasteiger partial charge in [-0.05, 0) is 54.0 Å². The number of para-hydroxylation sites is 1. The van der Waals surface area contributed by atoms with E-state index >= 15 is 0 Å². The van der Waals surface area contributed by atoms with Gasteiger partial charge in [-0.3, -0.25) is 0 Å². The molecule has 6 nitrogen and oxygen atoms in total. The maximum Gasteiger partial charge on any atom is 0.191 e. The lowest BCUT2D eigenvalue weighted by Gasteiger charge is -2.23. The first-order valence-electron chi connectivity index (χ1n) is 9.51. The van der Waals surface area contributed by atoms with Gasteiger partial charge in [-0.25, -0.2) is 4.99 Å². The van der Waals surface area contributed by atoms with Gasteiger partial charge in [0.15, 0.2) is 5.96 Å². The molecule has 2 aromatic rings.